The molecule has 0 aliphatic rings. The fourth-order valence-corrected chi connectivity index (χ4v) is 3.27. The Kier molecular flexibility index (Phi) is 6.86. The second kappa shape index (κ2) is 9.74. The molecule has 1 aromatic heterocycles. The van der Waals surface area contributed by atoms with E-state index in [1.807, 2.05) is 57.2 Å². The van der Waals surface area contributed by atoms with Gasteiger partial charge in [-0.2, -0.15) is 0 Å². The summed E-state index contributed by atoms with van der Waals surface area (Å²) in [6.07, 6.45) is 3.77. The molecule has 0 aliphatic carbocycles. The molecule has 5 heteroatoms. The molecule has 1 atom stereocenters. The number of rotatable bonds is 7. The molecule has 1 heterocycles. The van der Waals surface area contributed by atoms with Crippen LogP contribution in [0.4, 0.5) is 0 Å². The summed E-state index contributed by atoms with van der Waals surface area (Å²) in [5, 5.41) is 5.79. The highest BCUT2D eigenvalue weighted by atomic mass is 16.3. The van der Waals surface area contributed by atoms with Crippen LogP contribution in [0.1, 0.15) is 52.2 Å². The van der Waals surface area contributed by atoms with Gasteiger partial charge in [-0.25, -0.2) is 0 Å². The van der Waals surface area contributed by atoms with E-state index in [1.54, 1.807) is 24.3 Å². The quantitative estimate of drug-likeness (QED) is 0.550. The molecule has 0 saturated carbocycles. The zero-order valence-electron chi connectivity index (χ0n) is 17.4. The van der Waals surface area contributed by atoms with E-state index in [0.29, 0.717) is 11.3 Å². The van der Waals surface area contributed by atoms with Crippen LogP contribution in [0.15, 0.2) is 77.0 Å². The van der Waals surface area contributed by atoms with Gasteiger partial charge in [0.2, 0.25) is 0 Å². The second-order valence-electron chi connectivity index (χ2n) is 7.19. The van der Waals surface area contributed by atoms with Gasteiger partial charge in [-0.3, -0.25) is 9.59 Å². The molecule has 0 spiro atoms. The van der Waals surface area contributed by atoms with E-state index in [9.17, 15) is 9.59 Å². The molecule has 0 bridgehead atoms. The molecule has 30 heavy (non-hydrogen) atoms. The zero-order valence-corrected chi connectivity index (χ0v) is 17.4. The Hall–Kier alpha value is -3.60. The van der Waals surface area contributed by atoms with E-state index < -0.39 is 0 Å². The highest BCUT2D eigenvalue weighted by Gasteiger charge is 2.20. The van der Waals surface area contributed by atoms with Crippen LogP contribution in [0.2, 0.25) is 0 Å². The van der Waals surface area contributed by atoms with E-state index in [0.717, 1.165) is 23.1 Å². The topological polar surface area (TPSA) is 71.3 Å². The third-order valence-electron chi connectivity index (χ3n) is 4.88. The molecule has 3 aromatic rings. The van der Waals surface area contributed by atoms with Gasteiger partial charge in [0.25, 0.3) is 11.8 Å². The minimum Gasteiger partial charge on any atom is -0.465 e. The summed E-state index contributed by atoms with van der Waals surface area (Å²) in [6.45, 7) is 5.94. The smallest absolute Gasteiger partial charge is 0.268 e. The van der Waals surface area contributed by atoms with Gasteiger partial charge < -0.3 is 15.1 Å². The normalized spacial score (nSPS) is 12.3. The van der Waals surface area contributed by atoms with Crippen molar-refractivity contribution in [1.82, 2.24) is 10.6 Å². The van der Waals surface area contributed by atoms with Crippen LogP contribution in [-0.4, -0.2) is 11.8 Å². The molecule has 0 fully saturated rings. The molecule has 5 nitrogen and oxygen atoms in total. The molecule has 2 amide bonds. The summed E-state index contributed by atoms with van der Waals surface area (Å²) in [6, 6.07) is 18.4. The van der Waals surface area contributed by atoms with Crippen molar-refractivity contribution in [3.63, 3.8) is 0 Å². The first-order valence-electron chi connectivity index (χ1n) is 9.97. The average molecular weight is 402 g/mol. The van der Waals surface area contributed by atoms with Gasteiger partial charge in [-0.15, -0.1) is 0 Å². The van der Waals surface area contributed by atoms with Gasteiger partial charge in [-0.05, 0) is 55.7 Å². The standard InChI is InChI=1S/C25H26N2O3/c1-4-22(21-13-6-5-10-18(21)3)26-25(29)23(16-20-12-8-14-30-20)27-24(28)19-11-7-9-17(2)15-19/h5-16,22H,4H2,1-3H3,(H,26,29)(H,27,28)/b23-16-/t22-/m1/s1. The number of carbonyl (C=O) groups is 2. The van der Waals surface area contributed by atoms with Crippen LogP contribution in [0, 0.1) is 13.8 Å². The lowest BCUT2D eigenvalue weighted by Gasteiger charge is -2.20. The summed E-state index contributed by atoms with van der Waals surface area (Å²) in [7, 11) is 0. The van der Waals surface area contributed by atoms with E-state index in [1.165, 1.54) is 12.3 Å². The van der Waals surface area contributed by atoms with Gasteiger partial charge in [0.15, 0.2) is 0 Å². The van der Waals surface area contributed by atoms with Crippen molar-refractivity contribution in [2.45, 2.75) is 33.2 Å². The fourth-order valence-electron chi connectivity index (χ4n) is 3.27. The van der Waals surface area contributed by atoms with Crippen LogP contribution in [-0.2, 0) is 4.79 Å². The Bertz CT molecular complexity index is 1050. The highest BCUT2D eigenvalue weighted by molar-refractivity contribution is 6.05. The van der Waals surface area contributed by atoms with Crippen molar-refractivity contribution in [2.24, 2.45) is 0 Å². The van der Waals surface area contributed by atoms with Crippen LogP contribution in [0.5, 0.6) is 0 Å². The van der Waals surface area contributed by atoms with Crippen LogP contribution >= 0.6 is 0 Å². The maximum Gasteiger partial charge on any atom is 0.268 e. The number of amides is 2. The van der Waals surface area contributed by atoms with Crippen LogP contribution < -0.4 is 10.6 Å². The van der Waals surface area contributed by atoms with E-state index in [2.05, 4.69) is 10.6 Å². The van der Waals surface area contributed by atoms with Gasteiger partial charge in [0.1, 0.15) is 11.5 Å². The van der Waals surface area contributed by atoms with E-state index >= 15 is 0 Å². The Balaban J connectivity index is 1.85. The largest absolute Gasteiger partial charge is 0.465 e. The molecule has 3 rings (SSSR count). The minimum absolute atomic E-state index is 0.128. The molecular formula is C25H26N2O3. The predicted molar refractivity (Wildman–Crippen MR) is 118 cm³/mol. The number of furan rings is 1. The first-order chi connectivity index (χ1) is 14.5. The van der Waals surface area contributed by atoms with Crippen LogP contribution in [0.25, 0.3) is 6.08 Å². The van der Waals surface area contributed by atoms with Crippen molar-refractivity contribution >= 4 is 17.9 Å². The van der Waals surface area contributed by atoms with Crippen molar-refractivity contribution in [3.05, 3.63) is 101 Å². The number of nitrogens with one attached hydrogen (secondary N) is 2. The summed E-state index contributed by atoms with van der Waals surface area (Å²) < 4.78 is 5.35. The summed E-state index contributed by atoms with van der Waals surface area (Å²) in [5.41, 5.74) is 3.73. The van der Waals surface area contributed by atoms with Gasteiger partial charge in [0, 0.05) is 11.6 Å². The molecule has 0 radical (unpaired) electrons. The van der Waals surface area contributed by atoms with Crippen LogP contribution in [0.3, 0.4) is 0 Å². The number of carbonyl (C=O) groups excluding carboxylic acids is 2. The molecule has 2 aromatic carbocycles. The van der Waals surface area contributed by atoms with Gasteiger partial charge in [0.05, 0.1) is 12.3 Å². The van der Waals surface area contributed by atoms with E-state index in [4.69, 9.17) is 4.42 Å². The lowest BCUT2D eigenvalue weighted by Crippen LogP contribution is -2.37. The van der Waals surface area contributed by atoms with E-state index in [-0.39, 0.29) is 23.6 Å². The average Bonchev–Trinajstić information content (AvgIpc) is 3.25. The number of hydrogen-bond acceptors (Lipinski definition) is 3. The van der Waals surface area contributed by atoms with Crippen molar-refractivity contribution < 1.29 is 14.0 Å². The Morgan fingerprint density at radius 3 is 2.50 bits per heavy atom. The monoisotopic (exact) mass is 402 g/mol. The molecule has 154 valence electrons. The Morgan fingerprint density at radius 1 is 1.03 bits per heavy atom. The van der Waals surface area contributed by atoms with Crippen molar-refractivity contribution in [2.75, 3.05) is 0 Å². The molecule has 0 saturated heterocycles. The number of benzene rings is 2. The fraction of sp³-hybridized carbons (Fsp3) is 0.200. The maximum absolute atomic E-state index is 13.1. The molecule has 0 unspecified atom stereocenters. The lowest BCUT2D eigenvalue weighted by atomic mass is 9.99. The lowest BCUT2D eigenvalue weighted by molar-refractivity contribution is -0.118. The number of hydrogen-bond donors (Lipinski definition) is 2. The summed E-state index contributed by atoms with van der Waals surface area (Å²) in [5.74, 6) is -0.244. The first kappa shape index (κ1) is 21.1. The highest BCUT2D eigenvalue weighted by Crippen LogP contribution is 2.21. The Morgan fingerprint density at radius 2 is 1.83 bits per heavy atom. The van der Waals surface area contributed by atoms with Crippen molar-refractivity contribution in [3.8, 4) is 0 Å². The zero-order chi connectivity index (χ0) is 21.5. The summed E-state index contributed by atoms with van der Waals surface area (Å²) in [4.78, 5) is 25.9. The predicted octanol–water partition coefficient (Wildman–Crippen LogP) is 4.93. The maximum atomic E-state index is 13.1. The molecular weight excluding hydrogens is 376 g/mol. The first-order valence-corrected chi connectivity index (χ1v) is 9.97. The summed E-state index contributed by atoms with van der Waals surface area (Å²) >= 11 is 0. The van der Waals surface area contributed by atoms with Crippen molar-refractivity contribution in [1.29, 1.82) is 0 Å². The second-order valence-corrected chi connectivity index (χ2v) is 7.19. The number of aryl methyl sites for hydroxylation is 2. The minimum atomic E-state index is -0.373. The SMILES string of the molecule is CC[C@@H](NC(=O)/C(=C/c1ccco1)NC(=O)c1cccc(C)c1)c1ccccc1C. The molecule has 2 N–H and O–H groups in total. The Labute approximate surface area is 176 Å². The van der Waals surface area contributed by atoms with Gasteiger partial charge in [-0.1, -0.05) is 48.9 Å². The third-order valence-corrected chi connectivity index (χ3v) is 4.88. The molecule has 0 aliphatic heterocycles. The van der Waals surface area contributed by atoms with Gasteiger partial charge >= 0.3 is 0 Å². The third kappa shape index (κ3) is 5.26.